The third-order valence-corrected chi connectivity index (χ3v) is 5.74. The molecule has 1 aromatic heterocycles. The number of hydrogen-bond donors (Lipinski definition) is 2. The molecular formula is C28H34N2O5. The summed E-state index contributed by atoms with van der Waals surface area (Å²) in [7, 11) is 0. The third-order valence-electron chi connectivity index (χ3n) is 5.74. The predicted octanol–water partition coefficient (Wildman–Crippen LogP) is 5.88. The first-order chi connectivity index (χ1) is 16.6. The van der Waals surface area contributed by atoms with Crippen LogP contribution in [-0.2, 0) is 9.59 Å². The Kier molecular flexibility index (Phi) is 8.33. The van der Waals surface area contributed by atoms with E-state index in [4.69, 9.17) is 4.84 Å². The van der Waals surface area contributed by atoms with Gasteiger partial charge in [0.25, 0.3) is 0 Å². The molecule has 0 aliphatic carbocycles. The second-order valence-electron chi connectivity index (χ2n) is 9.76. The standard InChI is InChI=1S/C28H34N2O5/c1-5-6-7-8-12-15-23(31)29-20-16-17-21-22(18-20)30(35-27(34)28(2,3)4)26(33)24(21)25(32)19-13-10-9-11-14-19/h9-11,13-14,16-18,33H,5-8,12,15H2,1-4H3,(H,29,31). The smallest absolute Gasteiger partial charge is 0.338 e. The summed E-state index contributed by atoms with van der Waals surface area (Å²) >= 11 is 0. The molecule has 2 aromatic carbocycles. The number of carbonyl (C=O) groups excluding carboxylic acids is 3. The number of ketones is 1. The number of benzene rings is 2. The maximum atomic E-state index is 13.2. The molecular weight excluding hydrogens is 444 g/mol. The number of anilines is 1. The molecule has 7 nitrogen and oxygen atoms in total. The molecule has 0 bridgehead atoms. The van der Waals surface area contributed by atoms with Crippen LogP contribution < -0.4 is 10.2 Å². The Balaban J connectivity index is 1.95. The summed E-state index contributed by atoms with van der Waals surface area (Å²) in [5.74, 6) is -1.56. The van der Waals surface area contributed by atoms with E-state index in [2.05, 4.69) is 12.2 Å². The van der Waals surface area contributed by atoms with Gasteiger partial charge in [-0.2, -0.15) is 0 Å². The Bertz CT molecular complexity index is 1210. The number of aromatic nitrogens is 1. The van der Waals surface area contributed by atoms with Crippen molar-refractivity contribution in [3.63, 3.8) is 0 Å². The van der Waals surface area contributed by atoms with Crippen LogP contribution in [0.3, 0.4) is 0 Å². The lowest BCUT2D eigenvalue weighted by molar-refractivity contribution is -0.153. The van der Waals surface area contributed by atoms with Gasteiger partial charge in [-0.15, -0.1) is 4.73 Å². The molecule has 2 N–H and O–H groups in total. The summed E-state index contributed by atoms with van der Waals surface area (Å²) in [6.45, 7) is 7.23. The van der Waals surface area contributed by atoms with Crippen molar-refractivity contribution >= 4 is 34.3 Å². The number of rotatable bonds is 10. The molecule has 0 unspecified atom stereocenters. The van der Waals surface area contributed by atoms with Crippen LogP contribution in [-0.4, -0.2) is 27.5 Å². The molecule has 3 rings (SSSR count). The number of nitrogens with one attached hydrogen (secondary N) is 1. The lowest BCUT2D eigenvalue weighted by Gasteiger charge is -2.17. The van der Waals surface area contributed by atoms with Crippen molar-refractivity contribution in [3.8, 4) is 5.88 Å². The van der Waals surface area contributed by atoms with Crippen molar-refractivity contribution in [2.75, 3.05) is 5.32 Å². The molecule has 1 heterocycles. The molecule has 0 atom stereocenters. The van der Waals surface area contributed by atoms with E-state index in [0.717, 1.165) is 36.8 Å². The molecule has 35 heavy (non-hydrogen) atoms. The number of fused-ring (bicyclic) bond motifs is 1. The second-order valence-corrected chi connectivity index (χ2v) is 9.76. The summed E-state index contributed by atoms with van der Waals surface area (Å²) in [6.07, 6.45) is 5.64. The van der Waals surface area contributed by atoms with Gasteiger partial charge in [0.1, 0.15) is 0 Å². The van der Waals surface area contributed by atoms with Crippen LogP contribution in [0.4, 0.5) is 5.69 Å². The van der Waals surface area contributed by atoms with Crippen molar-refractivity contribution in [2.24, 2.45) is 5.41 Å². The molecule has 7 heteroatoms. The van der Waals surface area contributed by atoms with E-state index in [-0.39, 0.29) is 11.5 Å². The summed E-state index contributed by atoms with van der Waals surface area (Å²) in [4.78, 5) is 43.8. The lowest BCUT2D eigenvalue weighted by Crippen LogP contribution is -2.31. The van der Waals surface area contributed by atoms with Gasteiger partial charge in [0.2, 0.25) is 11.8 Å². The Labute approximate surface area is 206 Å². The Morgan fingerprint density at radius 1 is 0.971 bits per heavy atom. The molecule has 0 aliphatic heterocycles. The SMILES string of the molecule is CCCCCCCC(=O)Nc1ccc2c(C(=O)c3ccccc3)c(O)n(OC(=O)C(C)(C)C)c2c1. The Morgan fingerprint density at radius 2 is 1.66 bits per heavy atom. The quantitative estimate of drug-likeness (QED) is 0.280. The molecule has 0 fully saturated rings. The van der Waals surface area contributed by atoms with E-state index in [1.54, 1.807) is 69.3 Å². The average molecular weight is 479 g/mol. The van der Waals surface area contributed by atoms with Gasteiger partial charge < -0.3 is 15.3 Å². The minimum Gasteiger partial charge on any atom is -0.492 e. The largest absolute Gasteiger partial charge is 0.492 e. The fourth-order valence-electron chi connectivity index (χ4n) is 3.71. The number of nitrogens with zero attached hydrogens (tertiary/aromatic N) is 1. The summed E-state index contributed by atoms with van der Waals surface area (Å²) in [5.41, 5.74) is 0.377. The first-order valence-corrected chi connectivity index (χ1v) is 12.1. The van der Waals surface area contributed by atoms with Crippen LogP contribution in [0.1, 0.15) is 82.1 Å². The average Bonchev–Trinajstić information content (AvgIpc) is 3.09. The molecule has 0 radical (unpaired) electrons. The second kappa shape index (κ2) is 11.2. The van der Waals surface area contributed by atoms with E-state index in [9.17, 15) is 19.5 Å². The number of unbranched alkanes of at least 4 members (excludes halogenated alkanes) is 4. The fraction of sp³-hybridized carbons (Fsp3) is 0.393. The van der Waals surface area contributed by atoms with Crippen molar-refractivity contribution in [1.82, 2.24) is 4.73 Å². The van der Waals surface area contributed by atoms with Crippen LogP contribution in [0.5, 0.6) is 5.88 Å². The predicted molar refractivity (Wildman–Crippen MR) is 137 cm³/mol. The van der Waals surface area contributed by atoms with E-state index in [1.165, 1.54) is 0 Å². The Hall–Kier alpha value is -3.61. The van der Waals surface area contributed by atoms with Gasteiger partial charge >= 0.3 is 5.97 Å². The van der Waals surface area contributed by atoms with E-state index >= 15 is 0 Å². The van der Waals surface area contributed by atoms with Crippen LogP contribution in [0.15, 0.2) is 48.5 Å². The summed E-state index contributed by atoms with van der Waals surface area (Å²) in [6, 6.07) is 13.5. The highest BCUT2D eigenvalue weighted by Gasteiger charge is 2.30. The molecule has 0 spiro atoms. The van der Waals surface area contributed by atoms with Gasteiger partial charge in [-0.25, -0.2) is 4.79 Å². The van der Waals surface area contributed by atoms with E-state index in [0.29, 0.717) is 28.6 Å². The van der Waals surface area contributed by atoms with Gasteiger partial charge in [-0.1, -0.05) is 62.9 Å². The van der Waals surface area contributed by atoms with E-state index in [1.807, 2.05) is 0 Å². The molecule has 0 saturated heterocycles. The maximum Gasteiger partial charge on any atom is 0.338 e. The zero-order valence-electron chi connectivity index (χ0n) is 20.9. The minimum absolute atomic E-state index is 0.0294. The van der Waals surface area contributed by atoms with Crippen molar-refractivity contribution in [1.29, 1.82) is 0 Å². The van der Waals surface area contributed by atoms with Gasteiger partial charge in [0, 0.05) is 23.1 Å². The summed E-state index contributed by atoms with van der Waals surface area (Å²) < 4.78 is 0.972. The first kappa shape index (κ1) is 26.0. The molecule has 0 aliphatic rings. The third kappa shape index (κ3) is 6.29. The van der Waals surface area contributed by atoms with Gasteiger partial charge in [-0.05, 0) is 45.4 Å². The van der Waals surface area contributed by atoms with Gasteiger partial charge in [-0.3, -0.25) is 9.59 Å². The fourth-order valence-corrected chi connectivity index (χ4v) is 3.71. The highest BCUT2D eigenvalue weighted by Crippen LogP contribution is 2.34. The monoisotopic (exact) mass is 478 g/mol. The number of hydrogen-bond acceptors (Lipinski definition) is 5. The molecule has 186 valence electrons. The van der Waals surface area contributed by atoms with Crippen LogP contribution in [0.25, 0.3) is 10.9 Å². The van der Waals surface area contributed by atoms with Crippen LogP contribution >= 0.6 is 0 Å². The number of aromatic hydroxyl groups is 1. The van der Waals surface area contributed by atoms with Crippen LogP contribution in [0.2, 0.25) is 0 Å². The van der Waals surface area contributed by atoms with Crippen molar-refractivity contribution < 1.29 is 24.3 Å². The highest BCUT2D eigenvalue weighted by molar-refractivity contribution is 6.18. The van der Waals surface area contributed by atoms with Gasteiger partial charge in [0.15, 0.2) is 5.78 Å². The minimum atomic E-state index is -0.837. The molecule has 1 amide bonds. The zero-order chi connectivity index (χ0) is 25.6. The number of carbonyl (C=O) groups is 3. The highest BCUT2D eigenvalue weighted by atomic mass is 16.7. The van der Waals surface area contributed by atoms with Crippen molar-refractivity contribution in [2.45, 2.75) is 66.2 Å². The molecule has 3 aromatic rings. The first-order valence-electron chi connectivity index (χ1n) is 12.1. The maximum absolute atomic E-state index is 13.2. The molecule has 0 saturated carbocycles. The topological polar surface area (TPSA) is 97.6 Å². The van der Waals surface area contributed by atoms with Crippen molar-refractivity contribution in [3.05, 3.63) is 59.7 Å². The normalized spacial score (nSPS) is 11.4. The van der Waals surface area contributed by atoms with Gasteiger partial charge in [0.05, 0.1) is 16.5 Å². The lowest BCUT2D eigenvalue weighted by atomic mass is 9.98. The number of amides is 1. The Morgan fingerprint density at radius 3 is 2.31 bits per heavy atom. The van der Waals surface area contributed by atoms with E-state index < -0.39 is 23.0 Å². The zero-order valence-corrected chi connectivity index (χ0v) is 20.9. The summed E-state index contributed by atoms with van der Waals surface area (Å²) in [5, 5.41) is 14.3. The van der Waals surface area contributed by atoms with Crippen LogP contribution in [0, 0.1) is 5.41 Å².